The minimum Gasteiger partial charge on any atom is -0.492 e. The molecule has 5 heteroatoms. The van der Waals surface area contributed by atoms with Crippen molar-refractivity contribution >= 4 is 11.8 Å². The van der Waals surface area contributed by atoms with Crippen molar-refractivity contribution in [2.75, 3.05) is 26.8 Å². The van der Waals surface area contributed by atoms with Gasteiger partial charge < -0.3 is 9.47 Å². The Kier molecular flexibility index (Phi) is 8.03. The first-order chi connectivity index (χ1) is 14.6. The predicted molar refractivity (Wildman–Crippen MR) is 117 cm³/mol. The molecule has 1 heterocycles. The van der Waals surface area contributed by atoms with Crippen LogP contribution in [0.15, 0.2) is 54.6 Å². The van der Waals surface area contributed by atoms with Gasteiger partial charge in [0.1, 0.15) is 12.4 Å². The van der Waals surface area contributed by atoms with Crippen molar-refractivity contribution in [3.05, 3.63) is 65.7 Å². The molecule has 2 aromatic carbocycles. The number of benzene rings is 2. The Morgan fingerprint density at radius 2 is 1.80 bits per heavy atom. The van der Waals surface area contributed by atoms with Crippen molar-refractivity contribution in [3.8, 4) is 5.75 Å². The molecule has 0 unspecified atom stereocenters. The van der Waals surface area contributed by atoms with Crippen molar-refractivity contribution in [2.45, 2.75) is 44.6 Å². The smallest absolute Gasteiger partial charge is 0.337 e. The summed E-state index contributed by atoms with van der Waals surface area (Å²) in [4.78, 5) is 27.0. The zero-order chi connectivity index (χ0) is 21.3. The number of esters is 1. The van der Waals surface area contributed by atoms with Crippen molar-refractivity contribution in [1.82, 2.24) is 4.90 Å². The highest BCUT2D eigenvalue weighted by Gasteiger charge is 2.29. The lowest BCUT2D eigenvalue weighted by Crippen LogP contribution is -2.46. The van der Waals surface area contributed by atoms with E-state index in [1.54, 1.807) is 12.1 Å². The number of ketones is 1. The Hall–Kier alpha value is -2.66. The molecule has 2 aromatic rings. The number of para-hydroxylation sites is 1. The van der Waals surface area contributed by atoms with Crippen LogP contribution in [0.2, 0.25) is 0 Å². The molecule has 0 radical (unpaired) electrons. The molecular formula is C25H31NO4. The number of carbonyl (C=O) groups is 2. The molecule has 0 spiro atoms. The van der Waals surface area contributed by atoms with Crippen LogP contribution in [0.4, 0.5) is 0 Å². The van der Waals surface area contributed by atoms with Crippen LogP contribution in [0.25, 0.3) is 0 Å². The second kappa shape index (κ2) is 10.9. The molecule has 1 aliphatic rings. The van der Waals surface area contributed by atoms with E-state index in [2.05, 4.69) is 11.8 Å². The molecule has 3 rings (SSSR count). The lowest BCUT2D eigenvalue weighted by molar-refractivity contribution is -0.126. The normalized spacial score (nSPS) is 17.9. The van der Waals surface area contributed by atoms with Gasteiger partial charge in [0.15, 0.2) is 5.78 Å². The Morgan fingerprint density at radius 1 is 1.07 bits per heavy atom. The maximum Gasteiger partial charge on any atom is 0.337 e. The van der Waals surface area contributed by atoms with Crippen LogP contribution in [-0.4, -0.2) is 49.5 Å². The van der Waals surface area contributed by atoms with Crippen LogP contribution in [0.5, 0.6) is 5.75 Å². The monoisotopic (exact) mass is 409 g/mol. The number of hydrogen-bond donors (Lipinski definition) is 0. The van der Waals surface area contributed by atoms with E-state index in [0.717, 1.165) is 43.7 Å². The molecule has 1 aliphatic heterocycles. The van der Waals surface area contributed by atoms with E-state index < -0.39 is 0 Å². The molecule has 2 atom stereocenters. The molecule has 0 amide bonds. The highest BCUT2D eigenvalue weighted by Crippen LogP contribution is 2.25. The molecule has 0 aliphatic carbocycles. The summed E-state index contributed by atoms with van der Waals surface area (Å²) in [7, 11) is 1.37. The van der Waals surface area contributed by atoms with Gasteiger partial charge in [0.05, 0.1) is 18.7 Å². The maximum absolute atomic E-state index is 13.1. The number of likely N-dealkylation sites (tertiary alicyclic amines) is 1. The summed E-state index contributed by atoms with van der Waals surface area (Å²) in [6.07, 6.45) is 3.63. The van der Waals surface area contributed by atoms with Gasteiger partial charge in [0.2, 0.25) is 0 Å². The van der Waals surface area contributed by atoms with Crippen LogP contribution >= 0.6 is 0 Å². The molecule has 160 valence electrons. The van der Waals surface area contributed by atoms with Crippen LogP contribution in [0.3, 0.4) is 0 Å². The number of nitrogens with zero attached hydrogens (tertiary/aromatic N) is 1. The first-order valence-electron chi connectivity index (χ1n) is 10.7. The van der Waals surface area contributed by atoms with E-state index in [-0.39, 0.29) is 17.9 Å². The van der Waals surface area contributed by atoms with Crippen LogP contribution in [0, 0.1) is 0 Å². The van der Waals surface area contributed by atoms with Crippen LogP contribution < -0.4 is 4.74 Å². The predicted octanol–water partition coefficient (Wildman–Crippen LogP) is 4.47. The lowest BCUT2D eigenvalue weighted by atomic mass is 9.89. The van der Waals surface area contributed by atoms with E-state index >= 15 is 0 Å². The van der Waals surface area contributed by atoms with Gasteiger partial charge in [-0.3, -0.25) is 9.69 Å². The van der Waals surface area contributed by atoms with E-state index in [1.165, 1.54) is 7.11 Å². The third-order valence-electron chi connectivity index (χ3n) is 5.78. The number of ether oxygens (including phenoxy) is 2. The Bertz CT molecular complexity index is 819. The molecule has 0 bridgehead atoms. The summed E-state index contributed by atoms with van der Waals surface area (Å²) in [5.74, 6) is 0.912. The highest BCUT2D eigenvalue weighted by molar-refractivity contribution is 5.89. The summed E-state index contributed by atoms with van der Waals surface area (Å²) in [6, 6.07) is 17.1. The van der Waals surface area contributed by atoms with Crippen molar-refractivity contribution in [1.29, 1.82) is 0 Å². The van der Waals surface area contributed by atoms with E-state index in [0.29, 0.717) is 24.4 Å². The van der Waals surface area contributed by atoms with E-state index in [1.807, 2.05) is 42.5 Å². The first kappa shape index (κ1) is 22.0. The number of piperidine rings is 1. The molecule has 1 saturated heterocycles. The topological polar surface area (TPSA) is 55.8 Å². The van der Waals surface area contributed by atoms with Gasteiger partial charge >= 0.3 is 5.97 Å². The quantitative estimate of drug-likeness (QED) is 0.572. The van der Waals surface area contributed by atoms with Crippen molar-refractivity contribution in [3.63, 3.8) is 0 Å². The largest absolute Gasteiger partial charge is 0.492 e. The zero-order valence-corrected chi connectivity index (χ0v) is 17.9. The second-order valence-electron chi connectivity index (χ2n) is 7.89. The second-order valence-corrected chi connectivity index (χ2v) is 7.89. The summed E-state index contributed by atoms with van der Waals surface area (Å²) in [5, 5.41) is 0. The van der Waals surface area contributed by atoms with Gasteiger partial charge in [-0.2, -0.15) is 0 Å². The Labute approximate surface area is 179 Å². The average molecular weight is 410 g/mol. The molecule has 0 N–H and O–H groups in total. The fourth-order valence-electron chi connectivity index (χ4n) is 4.04. The van der Waals surface area contributed by atoms with E-state index in [9.17, 15) is 9.59 Å². The molecule has 0 aromatic heterocycles. The standard InChI is InChI=1S/C25H31NO4/c1-19(20-11-13-21(14-12-20)25(28)29-2)18-24(27)23-10-6-7-15-26(23)16-17-30-22-8-4-3-5-9-22/h3-5,8-9,11-14,19,23H,6-7,10,15-18H2,1-2H3/t19-,23-/m1/s1. The first-order valence-corrected chi connectivity index (χ1v) is 10.7. The van der Waals surface area contributed by atoms with Gasteiger partial charge in [0, 0.05) is 13.0 Å². The number of methoxy groups -OCH3 is 1. The number of rotatable bonds is 9. The number of hydrogen-bond acceptors (Lipinski definition) is 5. The molecule has 30 heavy (non-hydrogen) atoms. The lowest BCUT2D eigenvalue weighted by Gasteiger charge is -2.35. The molecule has 1 fully saturated rings. The fraction of sp³-hybridized carbons (Fsp3) is 0.440. The number of carbonyl (C=O) groups excluding carboxylic acids is 2. The van der Waals surface area contributed by atoms with Gasteiger partial charge in [-0.25, -0.2) is 4.79 Å². The van der Waals surface area contributed by atoms with Gasteiger partial charge in [-0.05, 0) is 55.1 Å². The van der Waals surface area contributed by atoms with Crippen LogP contribution in [-0.2, 0) is 9.53 Å². The summed E-state index contributed by atoms with van der Waals surface area (Å²) < 4.78 is 10.6. The Balaban J connectivity index is 1.54. The third-order valence-corrected chi connectivity index (χ3v) is 5.78. The van der Waals surface area contributed by atoms with Gasteiger partial charge in [-0.1, -0.05) is 43.7 Å². The fourth-order valence-corrected chi connectivity index (χ4v) is 4.04. The maximum atomic E-state index is 13.1. The van der Waals surface area contributed by atoms with Crippen molar-refractivity contribution < 1.29 is 19.1 Å². The highest BCUT2D eigenvalue weighted by atomic mass is 16.5. The molecule has 5 nitrogen and oxygen atoms in total. The SMILES string of the molecule is COC(=O)c1ccc([C@H](C)CC(=O)[C@H]2CCCCN2CCOc2ccccc2)cc1. The average Bonchev–Trinajstić information content (AvgIpc) is 2.79. The number of Topliss-reactive ketones (excluding diaryl/α,β-unsaturated/α-hetero) is 1. The third kappa shape index (κ3) is 5.92. The summed E-state index contributed by atoms with van der Waals surface area (Å²) in [6.45, 7) is 4.35. The van der Waals surface area contributed by atoms with Gasteiger partial charge in [-0.15, -0.1) is 0 Å². The summed E-state index contributed by atoms with van der Waals surface area (Å²) in [5.41, 5.74) is 1.59. The summed E-state index contributed by atoms with van der Waals surface area (Å²) >= 11 is 0. The van der Waals surface area contributed by atoms with E-state index in [4.69, 9.17) is 9.47 Å². The van der Waals surface area contributed by atoms with Gasteiger partial charge in [0.25, 0.3) is 0 Å². The molecular weight excluding hydrogens is 378 g/mol. The van der Waals surface area contributed by atoms with Crippen molar-refractivity contribution in [2.24, 2.45) is 0 Å². The molecule has 0 saturated carbocycles. The minimum absolute atomic E-state index is 0.0325. The van der Waals surface area contributed by atoms with Crippen LogP contribution in [0.1, 0.15) is 54.4 Å². The Morgan fingerprint density at radius 3 is 2.50 bits per heavy atom. The minimum atomic E-state index is -0.346. The zero-order valence-electron chi connectivity index (χ0n) is 17.9.